The van der Waals surface area contributed by atoms with Gasteiger partial charge in [-0.05, 0) is 59.7 Å². The molecule has 11 heteroatoms. The van der Waals surface area contributed by atoms with Crippen molar-refractivity contribution in [1.82, 2.24) is 16.0 Å². The van der Waals surface area contributed by atoms with E-state index in [1.807, 2.05) is 21.1 Å². The molecule has 1 aliphatic heterocycles. The lowest BCUT2D eigenvalue weighted by Gasteiger charge is -2.32. The van der Waals surface area contributed by atoms with Gasteiger partial charge in [-0.25, -0.2) is 0 Å². The van der Waals surface area contributed by atoms with Gasteiger partial charge in [-0.2, -0.15) is 0 Å². The number of benzene rings is 1. The van der Waals surface area contributed by atoms with Crippen LogP contribution in [-0.4, -0.2) is 79.3 Å². The number of carbonyl (C=O) groups excluding carboxylic acids is 5. The van der Waals surface area contributed by atoms with E-state index in [-0.39, 0.29) is 22.8 Å². The minimum absolute atomic E-state index is 0.176. The van der Waals surface area contributed by atoms with Gasteiger partial charge in [0.25, 0.3) is 5.91 Å². The summed E-state index contributed by atoms with van der Waals surface area (Å²) in [6.07, 6.45) is 0. The van der Waals surface area contributed by atoms with Gasteiger partial charge in [0.15, 0.2) is 0 Å². The third-order valence-electron chi connectivity index (χ3n) is 5.97. The molecule has 0 bridgehead atoms. The van der Waals surface area contributed by atoms with E-state index in [1.165, 1.54) is 59.7 Å². The smallest absolute Gasteiger partial charge is 0.251 e. The maximum Gasteiger partial charge on any atom is 0.251 e. The third-order valence-corrected chi connectivity index (χ3v) is 5.97. The minimum atomic E-state index is -1.56. The normalized spacial score (nSPS) is 19.7. The maximum atomic E-state index is 13.2. The molecule has 0 aliphatic carbocycles. The van der Waals surface area contributed by atoms with Crippen LogP contribution in [0.5, 0.6) is 0 Å². The van der Waals surface area contributed by atoms with Crippen LogP contribution in [0.1, 0.15) is 51.9 Å². The molecule has 198 valence electrons. The maximum absolute atomic E-state index is 13.2. The molecule has 1 aromatic carbocycles. The fraction of sp³-hybridized carbons (Fsp3) is 0.560. The average Bonchev–Trinajstić information content (AvgIpc) is 2.72. The molecule has 0 spiro atoms. The Bertz CT molecular complexity index is 1080. The predicted molar refractivity (Wildman–Crippen MR) is 137 cm³/mol. The Balaban J connectivity index is 2.49. The molecule has 1 aliphatic rings. The molecule has 0 fully saturated rings. The molecule has 1 heterocycles. The van der Waals surface area contributed by atoms with Gasteiger partial charge in [-0.3, -0.25) is 24.0 Å². The SMILES string of the molecule is CC1(C)NC(=O)C(C)(C)C(=O)NC(C)(C)C(=O)Nc2cc(C(=O)NCC[N+](C)(C)C)ccc2NC1=O. The molecule has 5 N–H and O–H groups in total. The number of quaternary nitrogens is 1. The summed E-state index contributed by atoms with van der Waals surface area (Å²) in [7, 11) is 6.04. The summed E-state index contributed by atoms with van der Waals surface area (Å²) in [6.45, 7) is 10.0. The van der Waals surface area contributed by atoms with Gasteiger partial charge in [-0.1, -0.05) is 0 Å². The first-order valence-electron chi connectivity index (χ1n) is 11.8. The van der Waals surface area contributed by atoms with Crippen molar-refractivity contribution < 1.29 is 28.5 Å². The molecule has 0 unspecified atom stereocenters. The van der Waals surface area contributed by atoms with Crippen molar-refractivity contribution in [2.24, 2.45) is 5.41 Å². The van der Waals surface area contributed by atoms with Crippen molar-refractivity contribution in [2.75, 3.05) is 44.9 Å². The van der Waals surface area contributed by atoms with Crippen LogP contribution in [0.3, 0.4) is 0 Å². The zero-order chi connectivity index (χ0) is 27.7. The Morgan fingerprint density at radius 3 is 1.72 bits per heavy atom. The molecule has 0 aromatic heterocycles. The van der Waals surface area contributed by atoms with Crippen LogP contribution in [0.2, 0.25) is 0 Å². The molecule has 0 radical (unpaired) electrons. The Morgan fingerprint density at radius 2 is 1.25 bits per heavy atom. The summed E-state index contributed by atoms with van der Waals surface area (Å²) in [5, 5.41) is 13.5. The molecule has 0 saturated carbocycles. The van der Waals surface area contributed by atoms with E-state index in [2.05, 4.69) is 26.6 Å². The fourth-order valence-corrected chi connectivity index (χ4v) is 3.16. The highest BCUT2D eigenvalue weighted by molar-refractivity contribution is 6.12. The zero-order valence-electron chi connectivity index (χ0n) is 22.6. The Morgan fingerprint density at radius 1 is 0.778 bits per heavy atom. The Hall–Kier alpha value is -3.47. The topological polar surface area (TPSA) is 146 Å². The van der Waals surface area contributed by atoms with Gasteiger partial charge in [-0.15, -0.1) is 0 Å². The molecule has 11 nitrogen and oxygen atoms in total. The van der Waals surface area contributed by atoms with Crippen LogP contribution < -0.4 is 26.6 Å². The highest BCUT2D eigenvalue weighted by atomic mass is 16.2. The van der Waals surface area contributed by atoms with E-state index in [0.717, 1.165) is 0 Å². The number of fused-ring (bicyclic) bond motifs is 1. The van der Waals surface area contributed by atoms with Crippen LogP contribution in [0.25, 0.3) is 0 Å². The number of amides is 5. The molecule has 5 amide bonds. The number of likely N-dealkylation sites (N-methyl/N-ethyl adjacent to an activating group) is 1. The second kappa shape index (κ2) is 9.88. The second-order valence-electron chi connectivity index (χ2n) is 11.7. The van der Waals surface area contributed by atoms with Crippen LogP contribution in [0.4, 0.5) is 11.4 Å². The first kappa shape index (κ1) is 28.8. The molecule has 36 heavy (non-hydrogen) atoms. The van der Waals surface area contributed by atoms with Crippen molar-refractivity contribution in [2.45, 2.75) is 52.6 Å². The van der Waals surface area contributed by atoms with Crippen molar-refractivity contribution in [1.29, 1.82) is 0 Å². The summed E-state index contributed by atoms with van der Waals surface area (Å²) in [4.78, 5) is 64.9. The Kier molecular flexibility index (Phi) is 7.90. The van der Waals surface area contributed by atoms with E-state index >= 15 is 0 Å². The largest absolute Gasteiger partial charge is 0.346 e. The lowest BCUT2D eigenvalue weighted by molar-refractivity contribution is -0.869. The van der Waals surface area contributed by atoms with Crippen LogP contribution in [0.15, 0.2) is 18.2 Å². The van der Waals surface area contributed by atoms with Crippen LogP contribution in [0, 0.1) is 5.41 Å². The van der Waals surface area contributed by atoms with Crippen LogP contribution in [-0.2, 0) is 19.2 Å². The first-order valence-corrected chi connectivity index (χ1v) is 11.8. The van der Waals surface area contributed by atoms with E-state index in [0.29, 0.717) is 17.6 Å². The van der Waals surface area contributed by atoms with Gasteiger partial charge < -0.3 is 31.1 Å². The summed E-state index contributed by atoms with van der Waals surface area (Å²) in [6, 6.07) is 4.50. The van der Waals surface area contributed by atoms with E-state index < -0.39 is 40.1 Å². The number of hydrogen-bond acceptors (Lipinski definition) is 5. The Labute approximate surface area is 212 Å². The van der Waals surface area contributed by atoms with E-state index in [4.69, 9.17) is 0 Å². The number of nitrogens with one attached hydrogen (secondary N) is 5. The standard InChI is InChI=1S/C25H38N6O5/c1-23(2)19(33)29-24(3,4)21(35)27-16-11-10-15(18(32)26-12-13-31(7,8)9)14-17(16)28-22(36)25(5,6)30-20(23)34/h10-11,14H,12-13H2,1-9H3,(H4-,26,27,28,29,30,32,33,34,35,36)/p+1. The van der Waals surface area contributed by atoms with Gasteiger partial charge >= 0.3 is 0 Å². The van der Waals surface area contributed by atoms with E-state index in [9.17, 15) is 24.0 Å². The quantitative estimate of drug-likeness (QED) is 0.305. The highest BCUT2D eigenvalue weighted by Gasteiger charge is 2.44. The van der Waals surface area contributed by atoms with Crippen LogP contribution >= 0.6 is 0 Å². The van der Waals surface area contributed by atoms with Gasteiger partial charge in [0.2, 0.25) is 23.6 Å². The van der Waals surface area contributed by atoms with Crippen molar-refractivity contribution in [3.63, 3.8) is 0 Å². The minimum Gasteiger partial charge on any atom is -0.346 e. The number of nitrogens with zero attached hydrogens (tertiary/aromatic N) is 1. The van der Waals surface area contributed by atoms with Gasteiger partial charge in [0.1, 0.15) is 16.5 Å². The number of hydrogen-bond donors (Lipinski definition) is 5. The summed E-state index contributed by atoms with van der Waals surface area (Å²) in [5.74, 6) is -2.85. The lowest BCUT2D eigenvalue weighted by Crippen LogP contribution is -2.61. The van der Waals surface area contributed by atoms with Crippen molar-refractivity contribution >= 4 is 40.9 Å². The summed E-state index contributed by atoms with van der Waals surface area (Å²) < 4.78 is 0.677. The number of anilines is 2. The monoisotopic (exact) mass is 503 g/mol. The van der Waals surface area contributed by atoms with E-state index in [1.54, 1.807) is 0 Å². The summed E-state index contributed by atoms with van der Waals surface area (Å²) in [5.41, 5.74) is -3.67. The molecule has 0 atom stereocenters. The predicted octanol–water partition coefficient (Wildman–Crippen LogP) is 0.829. The zero-order valence-corrected chi connectivity index (χ0v) is 22.6. The molecular weight excluding hydrogens is 464 g/mol. The lowest BCUT2D eigenvalue weighted by atomic mass is 9.88. The molecule has 0 saturated heterocycles. The first-order chi connectivity index (χ1) is 16.3. The molecule has 1 aromatic rings. The van der Waals surface area contributed by atoms with Gasteiger partial charge in [0, 0.05) is 5.56 Å². The second-order valence-corrected chi connectivity index (χ2v) is 11.7. The molecular formula is C25H39N6O5+. The van der Waals surface area contributed by atoms with Crippen molar-refractivity contribution in [3.05, 3.63) is 23.8 Å². The summed E-state index contributed by atoms with van der Waals surface area (Å²) >= 11 is 0. The average molecular weight is 504 g/mol. The molecule has 2 rings (SSSR count). The number of carbonyl (C=O) groups is 5. The van der Waals surface area contributed by atoms with Gasteiger partial charge in [0.05, 0.1) is 45.6 Å². The fourth-order valence-electron chi connectivity index (χ4n) is 3.16. The highest BCUT2D eigenvalue weighted by Crippen LogP contribution is 2.27. The number of rotatable bonds is 4. The third kappa shape index (κ3) is 6.81. The van der Waals surface area contributed by atoms with Crippen molar-refractivity contribution in [3.8, 4) is 0 Å².